The van der Waals surface area contributed by atoms with Crippen LogP contribution in [0.3, 0.4) is 0 Å². The zero-order valence-corrected chi connectivity index (χ0v) is 15.6. The Kier molecular flexibility index (Phi) is 4.29. The van der Waals surface area contributed by atoms with Crippen molar-refractivity contribution in [3.05, 3.63) is 32.0 Å². The van der Waals surface area contributed by atoms with Gasteiger partial charge in [0.1, 0.15) is 5.00 Å². The number of aryl methyl sites for hydroxylation is 2. The van der Waals surface area contributed by atoms with Gasteiger partial charge >= 0.3 is 0 Å². The molecule has 5 N–H and O–H groups in total. The Hall–Kier alpha value is -1.86. The molecule has 0 bridgehead atoms. The van der Waals surface area contributed by atoms with E-state index in [2.05, 4.69) is 5.32 Å². The standard InChI is InChI=1S/C18H21N3O2S2/c19-15(22)13-9-5-1-4-8-12(9)25-18(13)21-17(23)14-10-6-2-3-7-11(10)24-16(14)20/h1-8,20H2,(H2,19,22)(H,21,23). The molecular weight excluding hydrogens is 354 g/mol. The number of nitrogen functional groups attached to an aromatic ring is 1. The van der Waals surface area contributed by atoms with Gasteiger partial charge in [0.25, 0.3) is 11.8 Å². The van der Waals surface area contributed by atoms with Crippen LogP contribution in [0.15, 0.2) is 0 Å². The summed E-state index contributed by atoms with van der Waals surface area (Å²) in [7, 11) is 0. The molecule has 0 aromatic carbocycles. The van der Waals surface area contributed by atoms with Crippen molar-refractivity contribution in [3.63, 3.8) is 0 Å². The molecule has 25 heavy (non-hydrogen) atoms. The highest BCUT2D eigenvalue weighted by atomic mass is 32.1. The molecule has 2 aromatic heterocycles. The van der Waals surface area contributed by atoms with Crippen molar-refractivity contribution in [2.24, 2.45) is 5.73 Å². The molecular formula is C18H21N3O2S2. The molecule has 2 aromatic rings. The number of carbonyl (C=O) groups excluding carboxylic acids is 2. The summed E-state index contributed by atoms with van der Waals surface area (Å²) in [4.78, 5) is 27.3. The Morgan fingerprint density at radius 3 is 2.04 bits per heavy atom. The molecule has 2 amide bonds. The molecule has 2 aliphatic rings. The maximum absolute atomic E-state index is 12.9. The fourth-order valence-corrected chi connectivity index (χ4v) is 6.36. The zero-order chi connectivity index (χ0) is 17.6. The second-order valence-corrected chi connectivity index (χ2v) is 8.93. The smallest absolute Gasteiger partial charge is 0.259 e. The van der Waals surface area contributed by atoms with Crippen molar-refractivity contribution in [2.75, 3.05) is 11.1 Å². The minimum absolute atomic E-state index is 0.210. The molecule has 132 valence electrons. The summed E-state index contributed by atoms with van der Waals surface area (Å²) < 4.78 is 0. The number of anilines is 2. The summed E-state index contributed by atoms with van der Waals surface area (Å²) in [6, 6.07) is 0. The number of thiophene rings is 2. The summed E-state index contributed by atoms with van der Waals surface area (Å²) in [5, 5.41) is 4.11. The number of amides is 2. The quantitative estimate of drug-likeness (QED) is 0.766. The van der Waals surface area contributed by atoms with Crippen molar-refractivity contribution < 1.29 is 9.59 Å². The highest BCUT2D eigenvalue weighted by Crippen LogP contribution is 2.40. The fourth-order valence-electron chi connectivity index (χ4n) is 3.92. The van der Waals surface area contributed by atoms with E-state index < -0.39 is 5.91 Å². The van der Waals surface area contributed by atoms with Crippen LogP contribution in [0.25, 0.3) is 0 Å². The van der Waals surface area contributed by atoms with Gasteiger partial charge in [0.15, 0.2) is 0 Å². The summed E-state index contributed by atoms with van der Waals surface area (Å²) in [5.74, 6) is -0.673. The molecule has 2 aliphatic carbocycles. The van der Waals surface area contributed by atoms with E-state index in [-0.39, 0.29) is 5.91 Å². The van der Waals surface area contributed by atoms with Gasteiger partial charge in [-0.25, -0.2) is 0 Å². The lowest BCUT2D eigenvalue weighted by atomic mass is 9.94. The lowest BCUT2D eigenvalue weighted by Gasteiger charge is -2.13. The third kappa shape index (κ3) is 2.85. The van der Waals surface area contributed by atoms with Crippen LogP contribution in [-0.4, -0.2) is 11.8 Å². The molecule has 0 saturated heterocycles. The van der Waals surface area contributed by atoms with E-state index >= 15 is 0 Å². The monoisotopic (exact) mass is 375 g/mol. The second-order valence-electron chi connectivity index (χ2n) is 6.68. The Morgan fingerprint density at radius 2 is 1.40 bits per heavy atom. The predicted octanol–water partition coefficient (Wildman–Crippen LogP) is 3.50. The SMILES string of the molecule is NC(=O)c1c(NC(=O)c2c(N)sc3c2CCCC3)sc2c1CCCC2. The van der Waals surface area contributed by atoms with Crippen molar-refractivity contribution in [2.45, 2.75) is 51.4 Å². The molecule has 0 unspecified atom stereocenters. The number of hydrogen-bond acceptors (Lipinski definition) is 5. The van der Waals surface area contributed by atoms with Gasteiger partial charge < -0.3 is 16.8 Å². The average molecular weight is 376 g/mol. The number of primary amides is 1. The zero-order valence-electron chi connectivity index (χ0n) is 13.9. The largest absolute Gasteiger partial charge is 0.390 e. The first kappa shape index (κ1) is 16.6. The Bertz CT molecular complexity index is 866. The van der Waals surface area contributed by atoms with Crippen molar-refractivity contribution >= 4 is 44.5 Å². The van der Waals surface area contributed by atoms with Crippen LogP contribution in [0.4, 0.5) is 10.0 Å². The van der Waals surface area contributed by atoms with Crippen LogP contribution in [0.1, 0.15) is 67.3 Å². The van der Waals surface area contributed by atoms with Gasteiger partial charge in [-0.05, 0) is 62.5 Å². The normalized spacial score (nSPS) is 16.2. The van der Waals surface area contributed by atoms with E-state index in [0.29, 0.717) is 21.1 Å². The number of nitrogens with two attached hydrogens (primary N) is 2. The molecule has 0 spiro atoms. The van der Waals surface area contributed by atoms with E-state index in [1.165, 1.54) is 32.4 Å². The number of hydrogen-bond donors (Lipinski definition) is 3. The van der Waals surface area contributed by atoms with Gasteiger partial charge in [0, 0.05) is 9.75 Å². The summed E-state index contributed by atoms with van der Waals surface area (Å²) in [6.45, 7) is 0. The third-order valence-corrected chi connectivity index (χ3v) is 7.40. The van der Waals surface area contributed by atoms with Crippen molar-refractivity contribution in [1.82, 2.24) is 0 Å². The minimum atomic E-state index is -0.463. The summed E-state index contributed by atoms with van der Waals surface area (Å²) in [5.41, 5.74) is 15.0. The molecule has 0 aliphatic heterocycles. The number of rotatable bonds is 3. The first-order valence-electron chi connectivity index (χ1n) is 8.72. The molecule has 2 heterocycles. The highest BCUT2D eigenvalue weighted by Gasteiger charge is 2.28. The van der Waals surface area contributed by atoms with Gasteiger partial charge in [-0.3, -0.25) is 9.59 Å². The van der Waals surface area contributed by atoms with E-state index in [9.17, 15) is 9.59 Å². The molecule has 0 fully saturated rings. The average Bonchev–Trinajstić information content (AvgIpc) is 3.10. The van der Waals surface area contributed by atoms with Crippen molar-refractivity contribution in [1.29, 1.82) is 0 Å². The summed E-state index contributed by atoms with van der Waals surface area (Å²) >= 11 is 3.01. The Balaban J connectivity index is 1.69. The van der Waals surface area contributed by atoms with Gasteiger partial charge in [0.2, 0.25) is 0 Å². The molecule has 5 nitrogen and oxygen atoms in total. The van der Waals surface area contributed by atoms with Gasteiger partial charge in [-0.15, -0.1) is 22.7 Å². The van der Waals surface area contributed by atoms with Crippen LogP contribution in [0.5, 0.6) is 0 Å². The lowest BCUT2D eigenvalue weighted by Crippen LogP contribution is -2.20. The fraction of sp³-hybridized carbons (Fsp3) is 0.444. The maximum Gasteiger partial charge on any atom is 0.259 e. The molecule has 0 radical (unpaired) electrons. The van der Waals surface area contributed by atoms with E-state index in [1.54, 1.807) is 0 Å². The van der Waals surface area contributed by atoms with E-state index in [0.717, 1.165) is 62.5 Å². The summed E-state index contributed by atoms with van der Waals surface area (Å²) in [6.07, 6.45) is 8.11. The van der Waals surface area contributed by atoms with E-state index in [1.807, 2.05) is 0 Å². The topological polar surface area (TPSA) is 98.2 Å². The molecule has 0 atom stereocenters. The predicted molar refractivity (Wildman–Crippen MR) is 103 cm³/mol. The Morgan fingerprint density at radius 1 is 0.840 bits per heavy atom. The van der Waals surface area contributed by atoms with Gasteiger partial charge in [-0.1, -0.05) is 0 Å². The number of nitrogens with one attached hydrogen (secondary N) is 1. The van der Waals surface area contributed by atoms with Crippen molar-refractivity contribution in [3.8, 4) is 0 Å². The third-order valence-electron chi connectivity index (χ3n) is 5.07. The maximum atomic E-state index is 12.9. The van der Waals surface area contributed by atoms with Gasteiger partial charge in [0.05, 0.1) is 16.1 Å². The minimum Gasteiger partial charge on any atom is -0.390 e. The first-order chi connectivity index (χ1) is 12.1. The highest BCUT2D eigenvalue weighted by molar-refractivity contribution is 7.17. The number of carbonyl (C=O) groups is 2. The molecule has 0 saturated carbocycles. The van der Waals surface area contributed by atoms with Crippen LogP contribution >= 0.6 is 22.7 Å². The van der Waals surface area contributed by atoms with Crippen LogP contribution in [-0.2, 0) is 25.7 Å². The molecule has 7 heteroatoms. The van der Waals surface area contributed by atoms with Crippen LogP contribution in [0, 0.1) is 0 Å². The van der Waals surface area contributed by atoms with Crippen LogP contribution < -0.4 is 16.8 Å². The van der Waals surface area contributed by atoms with Gasteiger partial charge in [-0.2, -0.15) is 0 Å². The van der Waals surface area contributed by atoms with Crippen LogP contribution in [0.2, 0.25) is 0 Å². The lowest BCUT2D eigenvalue weighted by molar-refractivity contribution is 0.100. The molecule has 4 rings (SSSR count). The second kappa shape index (κ2) is 6.46. The first-order valence-corrected chi connectivity index (χ1v) is 10.3. The Labute approximate surface area is 154 Å². The number of fused-ring (bicyclic) bond motifs is 2. The van der Waals surface area contributed by atoms with E-state index in [4.69, 9.17) is 11.5 Å².